The van der Waals surface area contributed by atoms with Gasteiger partial charge in [-0.25, -0.2) is 9.18 Å². The second-order valence-electron chi connectivity index (χ2n) is 9.34. The van der Waals surface area contributed by atoms with Crippen LogP contribution in [0.2, 0.25) is 0 Å². The van der Waals surface area contributed by atoms with E-state index in [1.807, 2.05) is 6.92 Å². The number of carbonyl (C=O) groups is 2. The number of urea groups is 1. The quantitative estimate of drug-likeness (QED) is 0.636. The number of amides is 3. The van der Waals surface area contributed by atoms with E-state index in [0.29, 0.717) is 55.0 Å². The standard InChI is InChI=1S/C23H27F4N5O3/c1-4-22(2,35)13-10-30(3)20(33)19-15-12-31(8-7-18(15)29-32(19)11-13)21(34)28-14-5-6-17(24)16(9-14)23(25,26)27/h5-6,9,13,35H,4,7-8,10-12H2,1-3H3,(H,28,34)/t13-,22?/m1/s1. The second kappa shape index (κ2) is 8.81. The maximum Gasteiger partial charge on any atom is 0.419 e. The van der Waals surface area contributed by atoms with Crippen LogP contribution < -0.4 is 5.32 Å². The first-order valence-electron chi connectivity index (χ1n) is 11.3. The normalized spacial score (nSPS) is 20.1. The Kier molecular flexibility index (Phi) is 6.28. The summed E-state index contributed by atoms with van der Waals surface area (Å²) >= 11 is 0. The molecule has 190 valence electrons. The smallest absolute Gasteiger partial charge is 0.390 e. The maximum absolute atomic E-state index is 13.6. The second-order valence-corrected chi connectivity index (χ2v) is 9.34. The van der Waals surface area contributed by atoms with Crippen molar-refractivity contribution >= 4 is 17.6 Å². The Morgan fingerprint density at radius 3 is 2.66 bits per heavy atom. The summed E-state index contributed by atoms with van der Waals surface area (Å²) in [5, 5.41) is 17.8. The molecule has 3 amide bonds. The maximum atomic E-state index is 13.6. The number of rotatable bonds is 3. The Morgan fingerprint density at radius 1 is 1.29 bits per heavy atom. The van der Waals surface area contributed by atoms with Gasteiger partial charge in [0, 0.05) is 50.3 Å². The Morgan fingerprint density at radius 2 is 2.00 bits per heavy atom. The van der Waals surface area contributed by atoms with Gasteiger partial charge < -0.3 is 20.2 Å². The lowest BCUT2D eigenvalue weighted by molar-refractivity contribution is -0.139. The summed E-state index contributed by atoms with van der Waals surface area (Å²) in [5.41, 5.74) is -1.07. The van der Waals surface area contributed by atoms with E-state index in [1.54, 1.807) is 18.7 Å². The van der Waals surface area contributed by atoms with E-state index in [2.05, 4.69) is 10.4 Å². The molecule has 0 saturated heterocycles. The minimum absolute atomic E-state index is 0.0399. The average molecular weight is 497 g/mol. The van der Waals surface area contributed by atoms with Crippen LogP contribution in [0, 0.1) is 11.7 Å². The van der Waals surface area contributed by atoms with Crippen LogP contribution in [-0.2, 0) is 25.7 Å². The molecule has 3 heterocycles. The first-order chi connectivity index (χ1) is 16.3. The van der Waals surface area contributed by atoms with Crippen molar-refractivity contribution < 1.29 is 32.3 Å². The number of alkyl halides is 3. The minimum atomic E-state index is -4.90. The summed E-state index contributed by atoms with van der Waals surface area (Å²) in [7, 11) is 1.65. The molecule has 8 nitrogen and oxygen atoms in total. The molecule has 2 aromatic rings. The number of aromatic nitrogens is 2. The molecule has 1 unspecified atom stereocenters. The van der Waals surface area contributed by atoms with Crippen LogP contribution in [0.25, 0.3) is 0 Å². The van der Waals surface area contributed by atoms with Gasteiger partial charge in [0.2, 0.25) is 0 Å². The van der Waals surface area contributed by atoms with Gasteiger partial charge in [-0.3, -0.25) is 9.48 Å². The summed E-state index contributed by atoms with van der Waals surface area (Å²) in [6.07, 6.45) is -4.04. The van der Waals surface area contributed by atoms with Gasteiger partial charge >= 0.3 is 12.2 Å². The van der Waals surface area contributed by atoms with Crippen molar-refractivity contribution in [1.29, 1.82) is 0 Å². The summed E-state index contributed by atoms with van der Waals surface area (Å²) in [4.78, 5) is 28.9. The van der Waals surface area contributed by atoms with Gasteiger partial charge in [0.05, 0.1) is 23.4 Å². The summed E-state index contributed by atoms with van der Waals surface area (Å²) in [6.45, 7) is 4.56. The van der Waals surface area contributed by atoms with Gasteiger partial charge in [-0.15, -0.1) is 0 Å². The molecular weight excluding hydrogens is 470 g/mol. The van der Waals surface area contributed by atoms with Crippen molar-refractivity contribution in [2.45, 2.75) is 51.6 Å². The number of nitrogens with one attached hydrogen (secondary N) is 1. The van der Waals surface area contributed by atoms with Crippen LogP contribution in [0.15, 0.2) is 18.2 Å². The highest BCUT2D eigenvalue weighted by molar-refractivity contribution is 5.95. The molecule has 0 saturated carbocycles. The van der Waals surface area contributed by atoms with Crippen LogP contribution in [0.1, 0.15) is 47.6 Å². The molecule has 2 N–H and O–H groups in total. The van der Waals surface area contributed by atoms with E-state index in [-0.39, 0.29) is 30.6 Å². The molecule has 2 aliphatic heterocycles. The summed E-state index contributed by atoms with van der Waals surface area (Å²) in [5.74, 6) is -1.95. The van der Waals surface area contributed by atoms with Crippen molar-refractivity contribution in [3.63, 3.8) is 0 Å². The van der Waals surface area contributed by atoms with Crippen LogP contribution >= 0.6 is 0 Å². The molecule has 0 aliphatic carbocycles. The Labute approximate surface area is 199 Å². The van der Waals surface area contributed by atoms with Crippen LogP contribution in [0.4, 0.5) is 28.0 Å². The average Bonchev–Trinajstić information content (AvgIpc) is 3.09. The molecule has 0 fully saturated rings. The number of carbonyl (C=O) groups excluding carboxylic acids is 2. The fourth-order valence-electron chi connectivity index (χ4n) is 4.54. The van der Waals surface area contributed by atoms with E-state index < -0.39 is 29.2 Å². The number of nitrogens with zero attached hydrogens (tertiary/aromatic N) is 4. The molecule has 12 heteroatoms. The van der Waals surface area contributed by atoms with Gasteiger partial charge in [-0.1, -0.05) is 6.92 Å². The first-order valence-corrected chi connectivity index (χ1v) is 11.3. The third kappa shape index (κ3) is 4.71. The van der Waals surface area contributed by atoms with Gasteiger partial charge in [-0.05, 0) is 31.5 Å². The van der Waals surface area contributed by atoms with E-state index >= 15 is 0 Å². The molecular formula is C23H27F4N5O3. The molecule has 1 aromatic heterocycles. The van der Waals surface area contributed by atoms with Crippen molar-refractivity contribution in [3.05, 3.63) is 46.5 Å². The van der Waals surface area contributed by atoms with Gasteiger partial charge in [-0.2, -0.15) is 18.3 Å². The van der Waals surface area contributed by atoms with Crippen LogP contribution in [0.3, 0.4) is 0 Å². The molecule has 0 bridgehead atoms. The number of fused-ring (bicyclic) bond motifs is 3. The molecule has 2 atom stereocenters. The van der Waals surface area contributed by atoms with Gasteiger partial charge in [0.25, 0.3) is 5.91 Å². The van der Waals surface area contributed by atoms with Crippen LogP contribution in [0.5, 0.6) is 0 Å². The Balaban J connectivity index is 1.57. The van der Waals surface area contributed by atoms with Crippen molar-refractivity contribution in [1.82, 2.24) is 19.6 Å². The molecule has 0 radical (unpaired) electrons. The third-order valence-electron chi connectivity index (χ3n) is 6.94. The summed E-state index contributed by atoms with van der Waals surface area (Å²) < 4.78 is 54.2. The highest BCUT2D eigenvalue weighted by Gasteiger charge is 2.40. The largest absolute Gasteiger partial charge is 0.419 e. The molecule has 2 aliphatic rings. The molecule has 1 aromatic carbocycles. The lowest BCUT2D eigenvalue weighted by Gasteiger charge is -2.33. The predicted octanol–water partition coefficient (Wildman–Crippen LogP) is 3.49. The molecule has 4 rings (SSSR count). The Bertz CT molecular complexity index is 1160. The van der Waals surface area contributed by atoms with Crippen molar-refractivity contribution in [3.8, 4) is 0 Å². The van der Waals surface area contributed by atoms with E-state index in [4.69, 9.17) is 0 Å². The zero-order chi connectivity index (χ0) is 25.7. The Hall–Kier alpha value is -3.15. The zero-order valence-electron chi connectivity index (χ0n) is 19.6. The number of hydrogen-bond acceptors (Lipinski definition) is 4. The number of aliphatic hydroxyl groups is 1. The molecule has 0 spiro atoms. The topological polar surface area (TPSA) is 90.7 Å². The van der Waals surface area contributed by atoms with E-state index in [1.165, 1.54) is 9.80 Å². The van der Waals surface area contributed by atoms with Gasteiger partial charge in [0.1, 0.15) is 11.5 Å². The number of hydrogen-bond donors (Lipinski definition) is 2. The highest BCUT2D eigenvalue weighted by Crippen LogP contribution is 2.34. The fraction of sp³-hybridized carbons (Fsp3) is 0.522. The monoisotopic (exact) mass is 497 g/mol. The predicted molar refractivity (Wildman–Crippen MR) is 118 cm³/mol. The highest BCUT2D eigenvalue weighted by atomic mass is 19.4. The SMILES string of the molecule is CCC(C)(O)[C@@H]1CN(C)C(=O)c2c3c(nn2C1)CCN(C(=O)Nc1ccc(F)c(C(F)(F)F)c1)C3. The fourth-order valence-corrected chi connectivity index (χ4v) is 4.54. The molecule has 35 heavy (non-hydrogen) atoms. The first kappa shape index (κ1) is 25.0. The van der Waals surface area contributed by atoms with Crippen molar-refractivity contribution in [2.24, 2.45) is 5.92 Å². The van der Waals surface area contributed by atoms with E-state index in [9.17, 15) is 32.3 Å². The lowest BCUT2D eigenvalue weighted by Crippen LogP contribution is -2.43. The zero-order valence-corrected chi connectivity index (χ0v) is 19.6. The third-order valence-corrected chi connectivity index (χ3v) is 6.94. The van der Waals surface area contributed by atoms with Gasteiger partial charge in [0.15, 0.2) is 0 Å². The minimum Gasteiger partial charge on any atom is -0.390 e. The number of benzene rings is 1. The van der Waals surface area contributed by atoms with Crippen molar-refractivity contribution in [2.75, 3.05) is 25.5 Å². The number of anilines is 1. The number of halogens is 4. The van der Waals surface area contributed by atoms with E-state index in [0.717, 1.165) is 6.07 Å². The lowest BCUT2D eigenvalue weighted by atomic mass is 9.86. The summed E-state index contributed by atoms with van der Waals surface area (Å²) in [6, 6.07) is 1.59. The van der Waals surface area contributed by atoms with Crippen LogP contribution in [-0.4, -0.2) is 62.4 Å².